The standard InChI is InChI=1S/C15H14N4O3/c20-15(19-9-1-2-9)11-6-17-14(7-16-11)18-10-3-4-12-13(5-10)22-8-21-12/h3-7,9H,1-2,8H2,(H,17,18)(H,19,20). The van der Waals surface area contributed by atoms with Gasteiger partial charge in [0.05, 0.1) is 12.4 Å². The summed E-state index contributed by atoms with van der Waals surface area (Å²) in [5.74, 6) is 1.80. The van der Waals surface area contributed by atoms with Gasteiger partial charge in [-0.1, -0.05) is 0 Å². The predicted octanol–water partition coefficient (Wildman–Crippen LogP) is 1.84. The summed E-state index contributed by atoms with van der Waals surface area (Å²) in [7, 11) is 0. The summed E-state index contributed by atoms with van der Waals surface area (Å²) >= 11 is 0. The number of hydrogen-bond donors (Lipinski definition) is 2. The molecule has 0 saturated heterocycles. The number of rotatable bonds is 4. The lowest BCUT2D eigenvalue weighted by Gasteiger charge is -2.07. The third-order valence-electron chi connectivity index (χ3n) is 3.44. The SMILES string of the molecule is O=C(NC1CC1)c1cnc(Nc2ccc3c(c2)OCO3)cn1. The van der Waals surface area contributed by atoms with Crippen LogP contribution in [0.1, 0.15) is 23.3 Å². The first-order chi connectivity index (χ1) is 10.8. The normalized spacial score (nSPS) is 15.5. The van der Waals surface area contributed by atoms with E-state index in [0.29, 0.717) is 23.3 Å². The van der Waals surface area contributed by atoms with Gasteiger partial charge in [0.15, 0.2) is 11.5 Å². The molecule has 7 nitrogen and oxygen atoms in total. The molecule has 1 aliphatic heterocycles. The van der Waals surface area contributed by atoms with Crippen molar-refractivity contribution in [3.63, 3.8) is 0 Å². The van der Waals surface area contributed by atoms with Gasteiger partial charge >= 0.3 is 0 Å². The Bertz CT molecular complexity index is 713. The van der Waals surface area contributed by atoms with E-state index in [1.165, 1.54) is 12.4 Å². The first-order valence-corrected chi connectivity index (χ1v) is 7.07. The Morgan fingerprint density at radius 1 is 1.14 bits per heavy atom. The highest BCUT2D eigenvalue weighted by atomic mass is 16.7. The molecule has 22 heavy (non-hydrogen) atoms. The molecular formula is C15H14N4O3. The molecule has 0 bridgehead atoms. The molecule has 112 valence electrons. The predicted molar refractivity (Wildman–Crippen MR) is 78.4 cm³/mol. The fourth-order valence-corrected chi connectivity index (χ4v) is 2.12. The van der Waals surface area contributed by atoms with Crippen LogP contribution in [0.3, 0.4) is 0 Å². The molecule has 1 saturated carbocycles. The minimum Gasteiger partial charge on any atom is -0.454 e. The van der Waals surface area contributed by atoms with Gasteiger partial charge in [0.25, 0.3) is 5.91 Å². The van der Waals surface area contributed by atoms with E-state index in [2.05, 4.69) is 20.6 Å². The Hall–Kier alpha value is -2.83. The molecule has 0 spiro atoms. The maximum absolute atomic E-state index is 11.8. The van der Waals surface area contributed by atoms with Crippen LogP contribution in [0.5, 0.6) is 11.5 Å². The largest absolute Gasteiger partial charge is 0.454 e. The van der Waals surface area contributed by atoms with Gasteiger partial charge in [0.2, 0.25) is 6.79 Å². The van der Waals surface area contributed by atoms with E-state index >= 15 is 0 Å². The lowest BCUT2D eigenvalue weighted by Crippen LogP contribution is -2.26. The molecule has 1 aliphatic carbocycles. The van der Waals surface area contributed by atoms with Gasteiger partial charge in [-0.3, -0.25) is 4.79 Å². The number of fused-ring (bicyclic) bond motifs is 1. The minimum atomic E-state index is -0.176. The third kappa shape index (κ3) is 2.65. The second kappa shape index (κ2) is 5.18. The van der Waals surface area contributed by atoms with E-state index in [4.69, 9.17) is 9.47 Å². The molecule has 0 unspecified atom stereocenters. The Morgan fingerprint density at radius 2 is 2.00 bits per heavy atom. The number of nitrogens with zero attached hydrogens (tertiary/aromatic N) is 2. The van der Waals surface area contributed by atoms with Crippen molar-refractivity contribution in [2.24, 2.45) is 0 Å². The smallest absolute Gasteiger partial charge is 0.271 e. The molecule has 1 amide bonds. The molecule has 2 heterocycles. The quantitative estimate of drug-likeness (QED) is 0.896. The van der Waals surface area contributed by atoms with E-state index in [1.807, 2.05) is 18.2 Å². The van der Waals surface area contributed by atoms with Gasteiger partial charge in [0, 0.05) is 17.8 Å². The molecule has 4 rings (SSSR count). The average molecular weight is 298 g/mol. The van der Waals surface area contributed by atoms with E-state index < -0.39 is 0 Å². The first-order valence-electron chi connectivity index (χ1n) is 7.07. The molecule has 1 aromatic heterocycles. The van der Waals surface area contributed by atoms with Crippen LogP contribution in [-0.2, 0) is 0 Å². The summed E-state index contributed by atoms with van der Waals surface area (Å²) in [6, 6.07) is 5.83. The maximum atomic E-state index is 11.8. The fraction of sp³-hybridized carbons (Fsp3) is 0.267. The molecule has 2 N–H and O–H groups in total. The number of carbonyl (C=O) groups excluding carboxylic acids is 1. The minimum absolute atomic E-state index is 0.176. The number of aromatic nitrogens is 2. The van der Waals surface area contributed by atoms with Crippen molar-refractivity contribution in [3.8, 4) is 11.5 Å². The van der Waals surface area contributed by atoms with Crippen molar-refractivity contribution in [3.05, 3.63) is 36.3 Å². The summed E-state index contributed by atoms with van der Waals surface area (Å²) in [6.07, 6.45) is 5.09. The summed E-state index contributed by atoms with van der Waals surface area (Å²) in [6.45, 7) is 0.239. The van der Waals surface area contributed by atoms with E-state index in [1.54, 1.807) is 0 Å². The number of carbonyl (C=O) groups is 1. The highest BCUT2D eigenvalue weighted by molar-refractivity contribution is 5.92. The lowest BCUT2D eigenvalue weighted by molar-refractivity contribution is 0.0945. The topological polar surface area (TPSA) is 85.4 Å². The van der Waals surface area contributed by atoms with Crippen molar-refractivity contribution >= 4 is 17.4 Å². The number of hydrogen-bond acceptors (Lipinski definition) is 6. The highest BCUT2D eigenvalue weighted by Gasteiger charge is 2.24. The van der Waals surface area contributed by atoms with Gasteiger partial charge in [-0.25, -0.2) is 9.97 Å². The number of amides is 1. The Kier molecular flexibility index (Phi) is 3.03. The molecule has 7 heteroatoms. The van der Waals surface area contributed by atoms with Crippen molar-refractivity contribution in [2.75, 3.05) is 12.1 Å². The Balaban J connectivity index is 1.45. The first kappa shape index (κ1) is 12.9. The molecule has 2 aromatic rings. The Labute approximate surface area is 126 Å². The van der Waals surface area contributed by atoms with Gasteiger partial charge in [-0.2, -0.15) is 0 Å². The highest BCUT2D eigenvalue weighted by Crippen LogP contribution is 2.34. The second-order valence-corrected chi connectivity index (χ2v) is 5.23. The van der Waals surface area contributed by atoms with Crippen molar-refractivity contribution in [1.82, 2.24) is 15.3 Å². The lowest BCUT2D eigenvalue weighted by atomic mass is 10.3. The number of anilines is 2. The van der Waals surface area contributed by atoms with Crippen LogP contribution < -0.4 is 20.1 Å². The number of ether oxygens (including phenoxy) is 2. The zero-order valence-corrected chi connectivity index (χ0v) is 11.7. The van der Waals surface area contributed by atoms with E-state index in [-0.39, 0.29) is 12.7 Å². The van der Waals surface area contributed by atoms with Crippen molar-refractivity contribution in [2.45, 2.75) is 18.9 Å². The van der Waals surface area contributed by atoms with Crippen LogP contribution in [0.15, 0.2) is 30.6 Å². The molecule has 1 aromatic carbocycles. The van der Waals surface area contributed by atoms with E-state index in [9.17, 15) is 4.79 Å². The van der Waals surface area contributed by atoms with Crippen LogP contribution in [0.4, 0.5) is 11.5 Å². The molecule has 2 aliphatic rings. The van der Waals surface area contributed by atoms with Gasteiger partial charge in [-0.15, -0.1) is 0 Å². The van der Waals surface area contributed by atoms with Crippen molar-refractivity contribution in [1.29, 1.82) is 0 Å². The Morgan fingerprint density at radius 3 is 2.77 bits per heavy atom. The van der Waals surface area contributed by atoms with Crippen LogP contribution >= 0.6 is 0 Å². The second-order valence-electron chi connectivity index (χ2n) is 5.23. The van der Waals surface area contributed by atoms with Crippen LogP contribution in [0.2, 0.25) is 0 Å². The molecule has 1 fully saturated rings. The molecule has 0 atom stereocenters. The third-order valence-corrected chi connectivity index (χ3v) is 3.44. The fourth-order valence-electron chi connectivity index (χ4n) is 2.12. The summed E-state index contributed by atoms with van der Waals surface area (Å²) in [4.78, 5) is 20.2. The zero-order valence-electron chi connectivity index (χ0n) is 11.7. The van der Waals surface area contributed by atoms with Crippen molar-refractivity contribution < 1.29 is 14.3 Å². The van der Waals surface area contributed by atoms with Gasteiger partial charge in [0.1, 0.15) is 11.5 Å². The maximum Gasteiger partial charge on any atom is 0.271 e. The van der Waals surface area contributed by atoms with E-state index in [0.717, 1.165) is 24.3 Å². The summed E-state index contributed by atoms with van der Waals surface area (Å²) in [5, 5.41) is 5.99. The number of benzene rings is 1. The summed E-state index contributed by atoms with van der Waals surface area (Å²) < 4.78 is 10.6. The zero-order chi connectivity index (χ0) is 14.9. The summed E-state index contributed by atoms with van der Waals surface area (Å²) in [5.41, 5.74) is 1.14. The average Bonchev–Trinajstić information content (AvgIpc) is 3.22. The number of nitrogens with one attached hydrogen (secondary N) is 2. The van der Waals surface area contributed by atoms with Gasteiger partial charge in [-0.05, 0) is 25.0 Å². The van der Waals surface area contributed by atoms with Gasteiger partial charge < -0.3 is 20.1 Å². The molecule has 0 radical (unpaired) electrons. The monoisotopic (exact) mass is 298 g/mol. The van der Waals surface area contributed by atoms with Crippen LogP contribution in [-0.4, -0.2) is 28.7 Å². The van der Waals surface area contributed by atoms with Crippen LogP contribution in [0, 0.1) is 0 Å². The van der Waals surface area contributed by atoms with Crippen LogP contribution in [0.25, 0.3) is 0 Å². The molecular weight excluding hydrogens is 284 g/mol.